The van der Waals surface area contributed by atoms with Crippen LogP contribution in [0.1, 0.15) is 51.1 Å². The van der Waals surface area contributed by atoms with Crippen molar-refractivity contribution in [1.29, 1.82) is 0 Å². The monoisotopic (exact) mass is 291 g/mol. The van der Waals surface area contributed by atoms with E-state index in [1.165, 1.54) is 37.9 Å². The van der Waals surface area contributed by atoms with Crippen LogP contribution in [0.2, 0.25) is 0 Å². The maximum absolute atomic E-state index is 5.94. The summed E-state index contributed by atoms with van der Waals surface area (Å²) in [6, 6.07) is 8.35. The van der Waals surface area contributed by atoms with Crippen molar-refractivity contribution in [2.45, 2.75) is 51.1 Å². The summed E-state index contributed by atoms with van der Waals surface area (Å²) in [6.45, 7) is 6.91. The number of nitrogens with one attached hydrogen (secondary N) is 1. The highest BCUT2D eigenvalue weighted by Crippen LogP contribution is 2.36. The molecule has 1 fully saturated rings. The van der Waals surface area contributed by atoms with E-state index >= 15 is 0 Å². The van der Waals surface area contributed by atoms with Crippen molar-refractivity contribution in [3.05, 3.63) is 29.8 Å². The van der Waals surface area contributed by atoms with E-state index < -0.39 is 0 Å². The molecule has 0 aliphatic carbocycles. The topological polar surface area (TPSA) is 50.5 Å². The van der Waals surface area contributed by atoms with Gasteiger partial charge in [-0.25, -0.2) is 0 Å². The fourth-order valence-electron chi connectivity index (χ4n) is 3.45. The Morgan fingerprint density at radius 3 is 2.33 bits per heavy atom. The SMILES string of the molecule is CCC(C)(C(NN)c1ccc(OC)cc1)N1CCCCC1. The van der Waals surface area contributed by atoms with E-state index in [1.807, 2.05) is 12.1 Å². The molecule has 2 atom stereocenters. The molecule has 0 amide bonds. The predicted molar refractivity (Wildman–Crippen MR) is 87.2 cm³/mol. The highest BCUT2D eigenvalue weighted by Gasteiger charge is 2.39. The van der Waals surface area contributed by atoms with Gasteiger partial charge in [-0.3, -0.25) is 16.2 Å². The van der Waals surface area contributed by atoms with Gasteiger partial charge in [-0.2, -0.15) is 0 Å². The van der Waals surface area contributed by atoms with Crippen LogP contribution in [-0.2, 0) is 0 Å². The Hall–Kier alpha value is -1.10. The molecule has 3 N–H and O–H groups in total. The van der Waals surface area contributed by atoms with Crippen LogP contribution in [0.5, 0.6) is 5.75 Å². The molecular weight excluding hydrogens is 262 g/mol. The van der Waals surface area contributed by atoms with Gasteiger partial charge in [0.25, 0.3) is 0 Å². The van der Waals surface area contributed by atoms with E-state index in [4.69, 9.17) is 10.6 Å². The fraction of sp³-hybridized carbons (Fsp3) is 0.647. The maximum atomic E-state index is 5.94. The molecule has 1 saturated heterocycles. The summed E-state index contributed by atoms with van der Waals surface area (Å²) in [5.74, 6) is 6.82. The van der Waals surface area contributed by atoms with E-state index in [0.29, 0.717) is 0 Å². The summed E-state index contributed by atoms with van der Waals surface area (Å²) in [4.78, 5) is 2.60. The molecule has 0 radical (unpaired) electrons. The Kier molecular flexibility index (Phi) is 5.62. The first-order valence-electron chi connectivity index (χ1n) is 8.01. The van der Waals surface area contributed by atoms with Crippen LogP contribution in [0.4, 0.5) is 0 Å². The molecule has 1 aromatic carbocycles. The normalized spacial score (nSPS) is 20.8. The van der Waals surface area contributed by atoms with Crippen molar-refractivity contribution < 1.29 is 4.74 Å². The fourth-order valence-corrected chi connectivity index (χ4v) is 3.45. The van der Waals surface area contributed by atoms with Crippen molar-refractivity contribution in [2.75, 3.05) is 20.2 Å². The lowest BCUT2D eigenvalue weighted by molar-refractivity contribution is 0.0424. The van der Waals surface area contributed by atoms with Gasteiger partial charge in [0.15, 0.2) is 0 Å². The first-order valence-corrected chi connectivity index (χ1v) is 8.01. The lowest BCUT2D eigenvalue weighted by atomic mass is 9.82. The van der Waals surface area contributed by atoms with Crippen molar-refractivity contribution in [1.82, 2.24) is 10.3 Å². The van der Waals surface area contributed by atoms with E-state index in [9.17, 15) is 0 Å². The number of nitrogens with zero attached hydrogens (tertiary/aromatic N) is 1. The molecule has 4 nitrogen and oxygen atoms in total. The Labute approximate surface area is 128 Å². The zero-order chi connectivity index (χ0) is 15.3. The molecule has 0 bridgehead atoms. The molecule has 1 heterocycles. The van der Waals surface area contributed by atoms with Gasteiger partial charge < -0.3 is 4.74 Å². The van der Waals surface area contributed by atoms with Gasteiger partial charge in [0, 0.05) is 5.54 Å². The molecular formula is C17H29N3O. The average molecular weight is 291 g/mol. The van der Waals surface area contributed by atoms with Crippen molar-refractivity contribution in [3.8, 4) is 5.75 Å². The molecule has 0 aromatic heterocycles. The smallest absolute Gasteiger partial charge is 0.118 e. The third-order valence-electron chi connectivity index (χ3n) is 5.03. The van der Waals surface area contributed by atoms with Gasteiger partial charge in [-0.15, -0.1) is 0 Å². The summed E-state index contributed by atoms with van der Waals surface area (Å²) >= 11 is 0. The van der Waals surface area contributed by atoms with Crippen molar-refractivity contribution in [2.24, 2.45) is 5.84 Å². The highest BCUT2D eigenvalue weighted by atomic mass is 16.5. The van der Waals surface area contributed by atoms with E-state index in [0.717, 1.165) is 12.2 Å². The molecule has 2 rings (SSSR count). The van der Waals surface area contributed by atoms with Gasteiger partial charge in [0.2, 0.25) is 0 Å². The number of likely N-dealkylation sites (tertiary alicyclic amines) is 1. The number of hydrazine groups is 1. The maximum Gasteiger partial charge on any atom is 0.118 e. The molecule has 4 heteroatoms. The number of ether oxygens (including phenoxy) is 1. The highest BCUT2D eigenvalue weighted by molar-refractivity contribution is 5.31. The zero-order valence-corrected chi connectivity index (χ0v) is 13.6. The van der Waals surface area contributed by atoms with Gasteiger partial charge in [0.05, 0.1) is 13.2 Å². The first kappa shape index (κ1) is 16.3. The minimum absolute atomic E-state index is 0.0315. The second-order valence-corrected chi connectivity index (χ2v) is 6.13. The van der Waals surface area contributed by atoms with Gasteiger partial charge in [0.1, 0.15) is 5.75 Å². The van der Waals surface area contributed by atoms with Crippen LogP contribution in [0, 0.1) is 0 Å². The second kappa shape index (κ2) is 7.25. The van der Waals surface area contributed by atoms with Gasteiger partial charge >= 0.3 is 0 Å². The van der Waals surface area contributed by atoms with Crippen LogP contribution < -0.4 is 16.0 Å². The summed E-state index contributed by atoms with van der Waals surface area (Å²) in [5.41, 5.74) is 4.31. The van der Waals surface area contributed by atoms with E-state index in [-0.39, 0.29) is 11.6 Å². The lowest BCUT2D eigenvalue weighted by Gasteiger charge is -2.48. The quantitative estimate of drug-likeness (QED) is 0.625. The number of benzene rings is 1. The summed E-state index contributed by atoms with van der Waals surface area (Å²) in [5, 5.41) is 0. The number of hydrogen-bond acceptors (Lipinski definition) is 4. The predicted octanol–water partition coefficient (Wildman–Crippen LogP) is 2.85. The molecule has 118 valence electrons. The average Bonchev–Trinajstić information content (AvgIpc) is 2.56. The standard InChI is InChI=1S/C17H29N3O/c1-4-17(2,20-12-6-5-7-13-20)16(19-18)14-8-10-15(21-3)11-9-14/h8-11,16,19H,4-7,12-13,18H2,1-3H3. The molecule has 1 aliphatic heterocycles. The molecule has 1 aromatic rings. The Morgan fingerprint density at radius 2 is 1.86 bits per heavy atom. The summed E-state index contributed by atoms with van der Waals surface area (Å²) in [6.07, 6.45) is 4.98. The number of methoxy groups -OCH3 is 1. The minimum atomic E-state index is 0.0315. The third-order valence-corrected chi connectivity index (χ3v) is 5.03. The zero-order valence-electron chi connectivity index (χ0n) is 13.6. The molecule has 0 spiro atoms. The van der Waals surface area contributed by atoms with Gasteiger partial charge in [-0.1, -0.05) is 25.5 Å². The number of rotatable bonds is 6. The van der Waals surface area contributed by atoms with E-state index in [1.54, 1.807) is 7.11 Å². The first-order chi connectivity index (χ1) is 10.2. The summed E-state index contributed by atoms with van der Waals surface area (Å²) in [7, 11) is 1.69. The van der Waals surface area contributed by atoms with Crippen LogP contribution in [-0.4, -0.2) is 30.6 Å². The second-order valence-electron chi connectivity index (χ2n) is 6.13. The number of piperidine rings is 1. The molecule has 21 heavy (non-hydrogen) atoms. The van der Waals surface area contributed by atoms with Crippen molar-refractivity contribution in [3.63, 3.8) is 0 Å². The van der Waals surface area contributed by atoms with Crippen LogP contribution in [0.15, 0.2) is 24.3 Å². The number of nitrogens with two attached hydrogens (primary N) is 1. The van der Waals surface area contributed by atoms with Crippen LogP contribution >= 0.6 is 0 Å². The Balaban J connectivity index is 2.26. The largest absolute Gasteiger partial charge is 0.497 e. The molecule has 0 saturated carbocycles. The molecule has 1 aliphatic rings. The number of hydrogen-bond donors (Lipinski definition) is 2. The van der Waals surface area contributed by atoms with Crippen LogP contribution in [0.25, 0.3) is 0 Å². The third kappa shape index (κ3) is 3.39. The minimum Gasteiger partial charge on any atom is -0.497 e. The molecule has 2 unspecified atom stereocenters. The van der Waals surface area contributed by atoms with Gasteiger partial charge in [-0.05, 0) is 57.0 Å². The lowest BCUT2D eigenvalue weighted by Crippen LogP contribution is -2.57. The van der Waals surface area contributed by atoms with Crippen molar-refractivity contribution >= 4 is 0 Å². The summed E-state index contributed by atoms with van der Waals surface area (Å²) < 4.78 is 5.25. The van der Waals surface area contributed by atoms with Crippen LogP contribution in [0.3, 0.4) is 0 Å². The Bertz CT molecular complexity index is 428. The van der Waals surface area contributed by atoms with E-state index in [2.05, 4.69) is 36.3 Å². The Morgan fingerprint density at radius 1 is 1.24 bits per heavy atom.